The van der Waals surface area contributed by atoms with Crippen LogP contribution >= 0.6 is 7.82 Å². The molecule has 0 amide bonds. The van der Waals surface area contributed by atoms with Crippen molar-refractivity contribution >= 4 is 19.8 Å². The van der Waals surface area contributed by atoms with Crippen molar-refractivity contribution in [3.63, 3.8) is 0 Å². The summed E-state index contributed by atoms with van der Waals surface area (Å²) in [5.74, 6) is -0.834. The summed E-state index contributed by atoms with van der Waals surface area (Å²) in [4.78, 5) is 34.3. The van der Waals surface area contributed by atoms with E-state index in [0.717, 1.165) is 44.9 Å². The summed E-state index contributed by atoms with van der Waals surface area (Å²) in [5, 5.41) is 0. The predicted octanol–water partition coefficient (Wildman–Crippen LogP) is 11.5. The molecule has 0 aliphatic carbocycles. The normalized spacial score (nSPS) is 12.9. The summed E-state index contributed by atoms with van der Waals surface area (Å²) in [5.41, 5.74) is 5.29. The number of hydrogen-bond acceptors (Lipinski definition) is 8. The number of phosphoric ester groups is 1. The van der Waals surface area contributed by atoms with Gasteiger partial charge in [0.15, 0.2) is 6.10 Å². The molecule has 0 aromatic rings. The smallest absolute Gasteiger partial charge is 0.462 e. The Hall–Kier alpha value is -0.990. The Morgan fingerprint density at radius 2 is 0.878 bits per heavy atom. The Morgan fingerprint density at radius 1 is 0.531 bits per heavy atom. The number of esters is 2. The molecular weight excluding hydrogens is 641 g/mol. The Bertz CT molecular complexity index is 749. The lowest BCUT2D eigenvalue weighted by Crippen LogP contribution is -2.29. The number of carbonyl (C=O) groups is 2. The highest BCUT2D eigenvalue weighted by Crippen LogP contribution is 2.43. The largest absolute Gasteiger partial charge is 0.472 e. The van der Waals surface area contributed by atoms with E-state index < -0.39 is 26.5 Å². The maximum absolute atomic E-state index is 12.3. The summed E-state index contributed by atoms with van der Waals surface area (Å²) >= 11 is 0. The molecule has 0 spiro atoms. The van der Waals surface area contributed by atoms with Gasteiger partial charge in [0.1, 0.15) is 6.61 Å². The van der Waals surface area contributed by atoms with E-state index in [1.165, 1.54) is 116 Å². The molecule has 0 aliphatic heterocycles. The van der Waals surface area contributed by atoms with Crippen molar-refractivity contribution in [2.45, 2.75) is 214 Å². The second kappa shape index (κ2) is 39.8. The van der Waals surface area contributed by atoms with Crippen LogP contribution in [0.1, 0.15) is 207 Å². The molecule has 2 atom stereocenters. The second-order valence-electron chi connectivity index (χ2n) is 13.5. The molecule has 3 N–H and O–H groups in total. The molecule has 0 fully saturated rings. The van der Waals surface area contributed by atoms with Crippen molar-refractivity contribution < 1.29 is 37.6 Å². The van der Waals surface area contributed by atoms with Crippen LogP contribution in [0.25, 0.3) is 0 Å². The van der Waals surface area contributed by atoms with Gasteiger partial charge in [-0.1, -0.05) is 182 Å². The van der Waals surface area contributed by atoms with E-state index in [4.69, 9.17) is 24.3 Å². The van der Waals surface area contributed by atoms with Gasteiger partial charge in [-0.3, -0.25) is 18.6 Å². The van der Waals surface area contributed by atoms with Gasteiger partial charge < -0.3 is 20.1 Å². The fourth-order valence-electron chi connectivity index (χ4n) is 5.37. The Balaban J connectivity index is 0. The van der Waals surface area contributed by atoms with Gasteiger partial charge in [-0.15, -0.1) is 0 Å². The average Bonchev–Trinajstić information content (AvgIpc) is 3.09. The van der Waals surface area contributed by atoms with Crippen LogP contribution in [0.15, 0.2) is 0 Å². The molecule has 0 saturated heterocycles. The van der Waals surface area contributed by atoms with E-state index in [2.05, 4.69) is 27.7 Å². The maximum Gasteiger partial charge on any atom is 0.472 e. The minimum atomic E-state index is -4.35. The third kappa shape index (κ3) is 41.3. The average molecular weight is 722 g/mol. The van der Waals surface area contributed by atoms with Crippen molar-refractivity contribution in [1.82, 2.24) is 0 Å². The van der Waals surface area contributed by atoms with Crippen LogP contribution in [0.4, 0.5) is 0 Å². The molecule has 294 valence electrons. The molecule has 0 aliphatic rings. The SMILES string of the molecule is CCCCCCCCC.CCCCCCCCCCCCCCCC(=O)OC[C@@H](COP(=O)(O)OCCN)OC(=O)CCCCCCCC. The summed E-state index contributed by atoms with van der Waals surface area (Å²) in [7, 11) is -4.35. The fourth-order valence-corrected chi connectivity index (χ4v) is 6.13. The maximum atomic E-state index is 12.3. The van der Waals surface area contributed by atoms with Gasteiger partial charge in [0.25, 0.3) is 0 Å². The third-order valence-corrected chi connectivity index (χ3v) is 9.43. The lowest BCUT2D eigenvalue weighted by molar-refractivity contribution is -0.161. The molecule has 9 nitrogen and oxygen atoms in total. The zero-order chi connectivity index (χ0) is 36.7. The van der Waals surface area contributed by atoms with Crippen LogP contribution < -0.4 is 5.73 Å². The van der Waals surface area contributed by atoms with E-state index >= 15 is 0 Å². The number of phosphoric acid groups is 1. The number of nitrogens with two attached hydrogens (primary N) is 1. The van der Waals surface area contributed by atoms with E-state index in [1.807, 2.05) is 0 Å². The van der Waals surface area contributed by atoms with Crippen molar-refractivity contribution in [2.75, 3.05) is 26.4 Å². The first kappa shape index (κ1) is 50.1. The minimum absolute atomic E-state index is 0.0569. The Morgan fingerprint density at radius 3 is 1.24 bits per heavy atom. The molecule has 0 aromatic heterocycles. The van der Waals surface area contributed by atoms with Crippen molar-refractivity contribution in [3.8, 4) is 0 Å². The number of ether oxygens (including phenoxy) is 2. The highest BCUT2D eigenvalue weighted by atomic mass is 31.2. The molecular formula is C39H80NO8P. The van der Waals surface area contributed by atoms with Gasteiger partial charge in [0, 0.05) is 19.4 Å². The molecule has 0 bridgehead atoms. The lowest BCUT2D eigenvalue weighted by atomic mass is 10.0. The summed E-state index contributed by atoms with van der Waals surface area (Å²) in [6.07, 6.45) is 31.6. The molecule has 49 heavy (non-hydrogen) atoms. The predicted molar refractivity (Wildman–Crippen MR) is 204 cm³/mol. The van der Waals surface area contributed by atoms with Gasteiger partial charge in [0.2, 0.25) is 0 Å². The lowest BCUT2D eigenvalue weighted by Gasteiger charge is -2.19. The van der Waals surface area contributed by atoms with Gasteiger partial charge >= 0.3 is 19.8 Å². The van der Waals surface area contributed by atoms with Gasteiger partial charge in [0.05, 0.1) is 13.2 Å². The van der Waals surface area contributed by atoms with Crippen LogP contribution in [0, 0.1) is 0 Å². The van der Waals surface area contributed by atoms with Gasteiger partial charge in [-0.25, -0.2) is 4.57 Å². The Kier molecular flexibility index (Phi) is 40.7. The zero-order valence-electron chi connectivity index (χ0n) is 32.5. The monoisotopic (exact) mass is 722 g/mol. The quantitative estimate of drug-likeness (QED) is 0.0368. The Labute approximate surface area is 302 Å². The van der Waals surface area contributed by atoms with E-state index in [-0.39, 0.29) is 38.6 Å². The summed E-state index contributed by atoms with van der Waals surface area (Å²) in [6.45, 7) is 8.17. The highest BCUT2D eigenvalue weighted by Gasteiger charge is 2.25. The van der Waals surface area contributed by atoms with E-state index in [1.54, 1.807) is 0 Å². The van der Waals surface area contributed by atoms with Crippen LogP contribution in [0.3, 0.4) is 0 Å². The van der Waals surface area contributed by atoms with E-state index in [0.29, 0.717) is 6.42 Å². The van der Waals surface area contributed by atoms with Gasteiger partial charge in [-0.05, 0) is 12.8 Å². The van der Waals surface area contributed by atoms with Crippen LogP contribution in [0.2, 0.25) is 0 Å². The minimum Gasteiger partial charge on any atom is -0.462 e. The zero-order valence-corrected chi connectivity index (χ0v) is 33.4. The summed E-state index contributed by atoms with van der Waals surface area (Å²) in [6, 6.07) is 0. The molecule has 0 rings (SSSR count). The van der Waals surface area contributed by atoms with Crippen LogP contribution in [-0.2, 0) is 32.7 Å². The molecule has 0 aromatic carbocycles. The first-order valence-corrected chi connectivity index (χ1v) is 21.9. The third-order valence-electron chi connectivity index (χ3n) is 8.45. The van der Waals surface area contributed by atoms with Crippen molar-refractivity contribution in [2.24, 2.45) is 5.73 Å². The number of rotatable bonds is 36. The van der Waals surface area contributed by atoms with Gasteiger partial charge in [-0.2, -0.15) is 0 Å². The van der Waals surface area contributed by atoms with E-state index in [9.17, 15) is 19.0 Å². The topological polar surface area (TPSA) is 134 Å². The molecule has 1 unspecified atom stereocenters. The number of carbonyl (C=O) groups excluding carboxylic acids is 2. The fraction of sp³-hybridized carbons (Fsp3) is 0.949. The number of unbranched alkanes of at least 4 members (excludes halogenated alkanes) is 23. The van der Waals surface area contributed by atoms with Crippen LogP contribution in [-0.4, -0.2) is 49.3 Å². The molecule has 0 saturated carbocycles. The van der Waals surface area contributed by atoms with Crippen LogP contribution in [0.5, 0.6) is 0 Å². The molecule has 0 heterocycles. The summed E-state index contributed by atoms with van der Waals surface area (Å²) < 4.78 is 32.3. The number of hydrogen-bond donors (Lipinski definition) is 2. The standard InChI is InChI=1S/C30H60NO8P.C9H20/c1-3-5-7-9-11-12-13-14-15-16-17-19-20-22-29(32)36-26-28(27-38-40(34,35)37-25-24-31)39-30(33)23-21-18-10-8-6-4-2;1-3-5-7-9-8-6-4-2/h28H,3-27,31H2,1-2H3,(H,34,35);3-9H2,1-2H3/t28-;/m0./s1. The first-order valence-electron chi connectivity index (χ1n) is 20.4. The first-order chi connectivity index (χ1) is 23.8. The highest BCUT2D eigenvalue weighted by molar-refractivity contribution is 7.47. The van der Waals surface area contributed by atoms with Crippen molar-refractivity contribution in [1.29, 1.82) is 0 Å². The molecule has 10 heteroatoms. The molecule has 0 radical (unpaired) electrons. The second-order valence-corrected chi connectivity index (χ2v) is 14.9. The van der Waals surface area contributed by atoms with Crippen molar-refractivity contribution in [3.05, 3.63) is 0 Å².